The van der Waals surface area contributed by atoms with Gasteiger partial charge < -0.3 is 15.0 Å². The third-order valence-corrected chi connectivity index (χ3v) is 5.01. The number of benzene rings is 2. The fourth-order valence-corrected chi connectivity index (χ4v) is 2.93. The van der Waals surface area contributed by atoms with E-state index in [4.69, 9.17) is 4.74 Å². The number of carbonyl (C=O) groups is 2. The maximum absolute atomic E-state index is 14.2. The summed E-state index contributed by atoms with van der Waals surface area (Å²) in [7, 11) is 0. The highest BCUT2D eigenvalue weighted by molar-refractivity contribution is 5.87. The summed E-state index contributed by atoms with van der Waals surface area (Å²) in [5.41, 5.74) is 0.384. The zero-order valence-corrected chi connectivity index (χ0v) is 17.9. The van der Waals surface area contributed by atoms with Crippen LogP contribution in [0.15, 0.2) is 54.6 Å². The van der Waals surface area contributed by atoms with E-state index >= 15 is 0 Å². The number of para-hydroxylation sites is 1. The van der Waals surface area contributed by atoms with Crippen molar-refractivity contribution in [3.8, 4) is 5.75 Å². The van der Waals surface area contributed by atoms with E-state index in [2.05, 4.69) is 5.32 Å². The van der Waals surface area contributed by atoms with Crippen LogP contribution in [0.1, 0.15) is 45.6 Å². The second-order valence-corrected chi connectivity index (χ2v) is 7.37. The van der Waals surface area contributed by atoms with Gasteiger partial charge in [-0.15, -0.1) is 0 Å². The van der Waals surface area contributed by atoms with Crippen LogP contribution in [0.4, 0.5) is 4.39 Å². The standard InChI is InChI=1S/C24H31FN2O3/c1-4-18(2)26-24(29)19(3)27(17-20-11-8-9-14-22(20)25)23(28)15-10-16-30-21-12-6-5-7-13-21/h5-9,11-14,18-19H,4,10,15-17H2,1-3H3,(H,26,29)/t18-,19+/m0/s1. The van der Waals surface area contributed by atoms with Crippen LogP contribution >= 0.6 is 0 Å². The number of hydrogen-bond acceptors (Lipinski definition) is 3. The Labute approximate surface area is 178 Å². The number of rotatable bonds is 11. The monoisotopic (exact) mass is 414 g/mol. The van der Waals surface area contributed by atoms with Crippen molar-refractivity contribution in [2.45, 2.75) is 58.7 Å². The van der Waals surface area contributed by atoms with Crippen molar-refractivity contribution in [1.82, 2.24) is 10.2 Å². The van der Waals surface area contributed by atoms with Crippen LogP contribution in [0.5, 0.6) is 5.75 Å². The van der Waals surface area contributed by atoms with Crippen molar-refractivity contribution < 1.29 is 18.7 Å². The SMILES string of the molecule is CC[C@H](C)NC(=O)[C@@H](C)N(Cc1ccccc1F)C(=O)CCCOc1ccccc1. The van der Waals surface area contributed by atoms with Crippen molar-refractivity contribution in [1.29, 1.82) is 0 Å². The molecule has 2 atom stereocenters. The zero-order valence-electron chi connectivity index (χ0n) is 17.9. The molecule has 0 aliphatic carbocycles. The number of carbonyl (C=O) groups excluding carboxylic acids is 2. The first kappa shape index (κ1) is 23.4. The molecule has 0 bridgehead atoms. The van der Waals surface area contributed by atoms with Crippen molar-refractivity contribution in [2.24, 2.45) is 0 Å². The Morgan fingerprint density at radius 3 is 2.40 bits per heavy atom. The molecule has 0 fully saturated rings. The lowest BCUT2D eigenvalue weighted by atomic mass is 10.1. The number of nitrogens with one attached hydrogen (secondary N) is 1. The molecule has 162 valence electrons. The molecule has 0 aliphatic rings. The van der Waals surface area contributed by atoms with Gasteiger partial charge in [-0.2, -0.15) is 0 Å². The molecule has 0 aromatic heterocycles. The third kappa shape index (κ3) is 7.17. The Kier molecular flexibility index (Phi) is 9.32. The maximum Gasteiger partial charge on any atom is 0.242 e. The molecule has 30 heavy (non-hydrogen) atoms. The second-order valence-electron chi connectivity index (χ2n) is 7.37. The quantitative estimate of drug-likeness (QED) is 0.557. The Hall–Kier alpha value is -2.89. The molecule has 0 heterocycles. The first-order valence-corrected chi connectivity index (χ1v) is 10.4. The van der Waals surface area contributed by atoms with Crippen LogP contribution in [0.2, 0.25) is 0 Å². The van der Waals surface area contributed by atoms with Crippen LogP contribution in [-0.4, -0.2) is 35.4 Å². The first-order valence-electron chi connectivity index (χ1n) is 10.4. The lowest BCUT2D eigenvalue weighted by Gasteiger charge is -2.30. The summed E-state index contributed by atoms with van der Waals surface area (Å²) in [5, 5.41) is 2.90. The Morgan fingerprint density at radius 1 is 1.07 bits per heavy atom. The summed E-state index contributed by atoms with van der Waals surface area (Å²) < 4.78 is 19.8. The summed E-state index contributed by atoms with van der Waals surface area (Å²) in [6, 6.07) is 15.0. The van der Waals surface area contributed by atoms with Crippen LogP contribution in [0, 0.1) is 5.82 Å². The molecule has 1 N–H and O–H groups in total. The minimum Gasteiger partial charge on any atom is -0.494 e. The fraction of sp³-hybridized carbons (Fsp3) is 0.417. The van der Waals surface area contributed by atoms with Crippen molar-refractivity contribution >= 4 is 11.8 Å². The van der Waals surface area contributed by atoms with Gasteiger partial charge in [0.25, 0.3) is 0 Å². The van der Waals surface area contributed by atoms with Gasteiger partial charge in [0.15, 0.2) is 0 Å². The molecule has 2 aromatic rings. The lowest BCUT2D eigenvalue weighted by molar-refractivity contribution is -0.141. The third-order valence-electron chi connectivity index (χ3n) is 5.01. The maximum atomic E-state index is 14.2. The molecule has 0 saturated carbocycles. The molecule has 0 radical (unpaired) electrons. The minimum atomic E-state index is -0.707. The van der Waals surface area contributed by atoms with Gasteiger partial charge in [-0.1, -0.05) is 43.3 Å². The first-order chi connectivity index (χ1) is 14.4. The van der Waals surface area contributed by atoms with Crippen LogP contribution < -0.4 is 10.1 Å². The van der Waals surface area contributed by atoms with E-state index in [1.807, 2.05) is 44.2 Å². The largest absolute Gasteiger partial charge is 0.494 e. The van der Waals surface area contributed by atoms with Crippen molar-refractivity contribution in [2.75, 3.05) is 6.61 Å². The van der Waals surface area contributed by atoms with E-state index < -0.39 is 11.9 Å². The lowest BCUT2D eigenvalue weighted by Crippen LogP contribution is -2.49. The number of amides is 2. The highest BCUT2D eigenvalue weighted by Crippen LogP contribution is 2.15. The normalized spacial score (nSPS) is 12.7. The van der Waals surface area contributed by atoms with Gasteiger partial charge in [0.2, 0.25) is 11.8 Å². The van der Waals surface area contributed by atoms with Crippen molar-refractivity contribution in [3.63, 3.8) is 0 Å². The summed E-state index contributed by atoms with van der Waals surface area (Å²) in [6.07, 6.45) is 1.50. The van der Waals surface area contributed by atoms with Gasteiger partial charge in [-0.3, -0.25) is 9.59 Å². The van der Waals surface area contributed by atoms with Crippen LogP contribution in [0.25, 0.3) is 0 Å². The van der Waals surface area contributed by atoms with Gasteiger partial charge in [0.05, 0.1) is 6.61 Å². The van der Waals surface area contributed by atoms with E-state index in [1.165, 1.54) is 11.0 Å². The molecular formula is C24H31FN2O3. The summed E-state index contributed by atoms with van der Waals surface area (Å²) >= 11 is 0. The van der Waals surface area contributed by atoms with E-state index in [9.17, 15) is 14.0 Å². The number of hydrogen-bond donors (Lipinski definition) is 1. The predicted octanol–water partition coefficient (Wildman–Crippen LogP) is 4.32. The summed E-state index contributed by atoms with van der Waals surface area (Å²) in [4.78, 5) is 27.0. The molecular weight excluding hydrogens is 383 g/mol. The summed E-state index contributed by atoms with van der Waals surface area (Å²) in [5.74, 6) is -0.0944. The molecule has 0 spiro atoms. The Balaban J connectivity index is 2.02. The van der Waals surface area contributed by atoms with Crippen LogP contribution in [-0.2, 0) is 16.1 Å². The molecule has 0 saturated heterocycles. The molecule has 0 unspecified atom stereocenters. The molecule has 0 aliphatic heterocycles. The highest BCUT2D eigenvalue weighted by atomic mass is 19.1. The molecule has 2 amide bonds. The number of nitrogens with zero attached hydrogens (tertiary/aromatic N) is 1. The summed E-state index contributed by atoms with van der Waals surface area (Å²) in [6.45, 7) is 5.99. The fourth-order valence-electron chi connectivity index (χ4n) is 2.93. The average Bonchev–Trinajstić information content (AvgIpc) is 2.76. The Bertz CT molecular complexity index is 813. The zero-order chi connectivity index (χ0) is 21.9. The topological polar surface area (TPSA) is 58.6 Å². The molecule has 6 heteroatoms. The van der Waals surface area contributed by atoms with E-state index in [0.29, 0.717) is 18.6 Å². The Morgan fingerprint density at radius 2 is 1.73 bits per heavy atom. The second kappa shape index (κ2) is 12.0. The van der Waals surface area contributed by atoms with Crippen molar-refractivity contribution in [3.05, 3.63) is 66.0 Å². The minimum absolute atomic E-state index is 0.00429. The number of ether oxygens (including phenoxy) is 1. The molecule has 2 aromatic carbocycles. The van der Waals surface area contributed by atoms with Crippen LogP contribution in [0.3, 0.4) is 0 Å². The molecule has 5 nitrogen and oxygen atoms in total. The average molecular weight is 415 g/mol. The van der Waals surface area contributed by atoms with E-state index in [1.54, 1.807) is 25.1 Å². The van der Waals surface area contributed by atoms with Gasteiger partial charge in [0.1, 0.15) is 17.6 Å². The van der Waals surface area contributed by atoms with Gasteiger partial charge >= 0.3 is 0 Å². The highest BCUT2D eigenvalue weighted by Gasteiger charge is 2.27. The van der Waals surface area contributed by atoms with Gasteiger partial charge in [-0.25, -0.2) is 4.39 Å². The van der Waals surface area contributed by atoms with E-state index in [0.717, 1.165) is 12.2 Å². The number of halogens is 1. The predicted molar refractivity (Wildman–Crippen MR) is 115 cm³/mol. The van der Waals surface area contributed by atoms with E-state index in [-0.39, 0.29) is 30.8 Å². The molecule has 2 rings (SSSR count). The van der Waals surface area contributed by atoms with Gasteiger partial charge in [-0.05, 0) is 44.9 Å². The van der Waals surface area contributed by atoms with Gasteiger partial charge in [0, 0.05) is 24.6 Å². The smallest absolute Gasteiger partial charge is 0.242 e.